The number of benzene rings is 2. The van der Waals surface area contributed by atoms with E-state index in [1.165, 1.54) is 32.3 Å². The summed E-state index contributed by atoms with van der Waals surface area (Å²) in [7, 11) is 0. The molecule has 0 fully saturated rings. The third-order valence-electron chi connectivity index (χ3n) is 5.84. The maximum Gasteiger partial charge on any atom is 0.0483 e. The number of hydrogen-bond acceptors (Lipinski definition) is 4. The van der Waals surface area contributed by atoms with Gasteiger partial charge in [-0.25, -0.2) is 0 Å². The highest BCUT2D eigenvalue weighted by Crippen LogP contribution is 2.41. The van der Waals surface area contributed by atoms with Crippen LogP contribution in [0.15, 0.2) is 46.2 Å². The molecule has 2 aliphatic heterocycles. The molecule has 2 nitrogen and oxygen atoms in total. The minimum atomic E-state index is 0.143. The maximum atomic E-state index is 3.86. The van der Waals surface area contributed by atoms with E-state index in [-0.39, 0.29) is 10.8 Å². The number of thioether (sulfide) groups is 2. The highest BCUT2D eigenvalue weighted by Gasteiger charge is 2.29. The van der Waals surface area contributed by atoms with Crippen molar-refractivity contribution in [1.82, 2.24) is 0 Å². The minimum absolute atomic E-state index is 0.143. The van der Waals surface area contributed by atoms with Gasteiger partial charge >= 0.3 is 0 Å². The fourth-order valence-corrected chi connectivity index (χ4v) is 6.04. The Balaban J connectivity index is 1.51. The summed E-state index contributed by atoms with van der Waals surface area (Å²) in [4.78, 5) is 2.79. The quantitative estimate of drug-likeness (QED) is 0.582. The van der Waals surface area contributed by atoms with Crippen LogP contribution >= 0.6 is 23.5 Å². The van der Waals surface area contributed by atoms with Gasteiger partial charge in [0.25, 0.3) is 0 Å². The highest BCUT2D eigenvalue weighted by molar-refractivity contribution is 7.99. The summed E-state index contributed by atoms with van der Waals surface area (Å²) in [6.07, 6.45) is 1.13. The molecule has 4 heteroatoms. The molecular formula is C24H32N2S2. The summed E-state index contributed by atoms with van der Waals surface area (Å²) >= 11 is 3.98. The smallest absolute Gasteiger partial charge is 0.0483 e. The number of fused-ring (bicyclic) bond motifs is 2. The van der Waals surface area contributed by atoms with Crippen LogP contribution in [0, 0.1) is 0 Å². The standard InChI is InChI=1S/C24H32N2S2/c1-23(2,3)16-7-9-21-20(12-16)26-18(15-28-21)14-24(4,5)17-6-8-19-22(13-17)27-11-10-25-19/h6-9,12-13,18,25-26H,10-11,14-15H2,1-5H3. The van der Waals surface area contributed by atoms with Crippen molar-refractivity contribution < 1.29 is 0 Å². The first-order valence-electron chi connectivity index (χ1n) is 10.3. The Morgan fingerprint density at radius 3 is 2.46 bits per heavy atom. The van der Waals surface area contributed by atoms with Gasteiger partial charge in [0.05, 0.1) is 0 Å². The molecule has 150 valence electrons. The largest absolute Gasteiger partial charge is 0.383 e. The van der Waals surface area contributed by atoms with Crippen LogP contribution in [0.25, 0.3) is 0 Å². The summed E-state index contributed by atoms with van der Waals surface area (Å²) in [6, 6.07) is 14.4. The van der Waals surface area contributed by atoms with E-state index in [4.69, 9.17) is 0 Å². The molecule has 0 bridgehead atoms. The van der Waals surface area contributed by atoms with Gasteiger partial charge in [-0.15, -0.1) is 23.5 Å². The molecule has 2 aromatic carbocycles. The molecule has 2 N–H and O–H groups in total. The second kappa shape index (κ2) is 7.53. The lowest BCUT2D eigenvalue weighted by molar-refractivity contribution is 0.451. The molecule has 0 aliphatic carbocycles. The number of anilines is 2. The third kappa shape index (κ3) is 4.18. The van der Waals surface area contributed by atoms with Crippen molar-refractivity contribution in [1.29, 1.82) is 0 Å². The molecule has 2 heterocycles. The first-order chi connectivity index (χ1) is 13.2. The van der Waals surface area contributed by atoms with Crippen LogP contribution in [-0.2, 0) is 10.8 Å². The van der Waals surface area contributed by atoms with Gasteiger partial charge in [-0.2, -0.15) is 0 Å². The second-order valence-corrected chi connectivity index (χ2v) is 11.9. The van der Waals surface area contributed by atoms with Crippen molar-refractivity contribution in [3.8, 4) is 0 Å². The topological polar surface area (TPSA) is 24.1 Å². The number of nitrogens with one attached hydrogen (secondary N) is 2. The zero-order chi connectivity index (χ0) is 19.9. The summed E-state index contributed by atoms with van der Waals surface area (Å²) < 4.78 is 0. The Morgan fingerprint density at radius 1 is 0.893 bits per heavy atom. The Bertz CT molecular complexity index is 867. The Morgan fingerprint density at radius 2 is 1.68 bits per heavy atom. The predicted molar refractivity (Wildman–Crippen MR) is 127 cm³/mol. The van der Waals surface area contributed by atoms with E-state index < -0.39 is 0 Å². The van der Waals surface area contributed by atoms with Crippen molar-refractivity contribution in [2.45, 2.75) is 67.7 Å². The zero-order valence-corrected chi connectivity index (χ0v) is 19.3. The summed E-state index contributed by atoms with van der Waals surface area (Å²) in [5, 5.41) is 7.37. The molecule has 0 saturated carbocycles. The lowest BCUT2D eigenvalue weighted by atomic mass is 9.79. The molecule has 0 aromatic heterocycles. The number of hydrogen-bond donors (Lipinski definition) is 2. The second-order valence-electron chi connectivity index (χ2n) is 9.69. The lowest BCUT2D eigenvalue weighted by Crippen LogP contribution is -2.34. The molecule has 0 saturated heterocycles. The Labute approximate surface area is 178 Å². The summed E-state index contributed by atoms with van der Waals surface area (Å²) in [5.74, 6) is 2.29. The number of rotatable bonds is 3. The lowest BCUT2D eigenvalue weighted by Gasteiger charge is -2.35. The van der Waals surface area contributed by atoms with Gasteiger partial charge in [-0.3, -0.25) is 0 Å². The molecule has 1 unspecified atom stereocenters. The van der Waals surface area contributed by atoms with E-state index in [2.05, 4.69) is 81.7 Å². The molecule has 2 aliphatic rings. The van der Waals surface area contributed by atoms with Crippen LogP contribution in [0.2, 0.25) is 0 Å². The first-order valence-corrected chi connectivity index (χ1v) is 12.2. The van der Waals surface area contributed by atoms with Gasteiger partial charge in [-0.05, 0) is 52.6 Å². The fourth-order valence-electron chi connectivity index (χ4n) is 4.09. The van der Waals surface area contributed by atoms with Crippen LogP contribution in [0.3, 0.4) is 0 Å². The van der Waals surface area contributed by atoms with Crippen LogP contribution in [-0.4, -0.2) is 24.1 Å². The van der Waals surface area contributed by atoms with Crippen molar-refractivity contribution >= 4 is 34.9 Å². The van der Waals surface area contributed by atoms with E-state index in [1.807, 2.05) is 23.5 Å². The molecule has 0 spiro atoms. The van der Waals surface area contributed by atoms with Crippen LogP contribution in [0.5, 0.6) is 0 Å². The maximum absolute atomic E-state index is 3.86. The monoisotopic (exact) mass is 412 g/mol. The van der Waals surface area contributed by atoms with E-state index >= 15 is 0 Å². The zero-order valence-electron chi connectivity index (χ0n) is 17.7. The van der Waals surface area contributed by atoms with Crippen molar-refractivity contribution in [2.24, 2.45) is 0 Å². The molecule has 28 heavy (non-hydrogen) atoms. The van der Waals surface area contributed by atoms with Gasteiger partial charge in [-0.1, -0.05) is 46.8 Å². The van der Waals surface area contributed by atoms with Gasteiger partial charge < -0.3 is 10.6 Å². The third-order valence-corrected chi connectivity index (χ3v) is 8.13. The molecule has 0 amide bonds. The average Bonchev–Trinajstić information content (AvgIpc) is 2.66. The van der Waals surface area contributed by atoms with Crippen LogP contribution in [0.1, 0.15) is 52.2 Å². The van der Waals surface area contributed by atoms with Gasteiger partial charge in [0.1, 0.15) is 0 Å². The summed E-state index contributed by atoms with van der Waals surface area (Å²) in [5.41, 5.74) is 5.79. The SMILES string of the molecule is CC(C)(C)c1ccc2c(c1)NC(CC(C)(C)c1ccc3c(c1)SCCN3)CS2. The normalized spacial score (nSPS) is 19.2. The van der Waals surface area contributed by atoms with E-state index in [1.54, 1.807) is 0 Å². The predicted octanol–water partition coefficient (Wildman–Crippen LogP) is 6.76. The van der Waals surface area contributed by atoms with Crippen molar-refractivity contribution in [3.63, 3.8) is 0 Å². The molecule has 2 aromatic rings. The fraction of sp³-hybridized carbons (Fsp3) is 0.500. The Hall–Kier alpha value is -1.26. The summed E-state index contributed by atoms with van der Waals surface area (Å²) in [6.45, 7) is 12.7. The van der Waals surface area contributed by atoms with E-state index in [0.717, 1.165) is 24.5 Å². The highest BCUT2D eigenvalue weighted by atomic mass is 32.2. The first kappa shape index (κ1) is 20.0. The molecule has 0 radical (unpaired) electrons. The Kier molecular flexibility index (Phi) is 5.39. The van der Waals surface area contributed by atoms with Gasteiger partial charge in [0, 0.05) is 45.3 Å². The molecule has 4 rings (SSSR count). The van der Waals surface area contributed by atoms with E-state index in [0.29, 0.717) is 6.04 Å². The molecular weight excluding hydrogens is 380 g/mol. The average molecular weight is 413 g/mol. The van der Waals surface area contributed by atoms with Crippen molar-refractivity contribution in [3.05, 3.63) is 47.5 Å². The van der Waals surface area contributed by atoms with Crippen LogP contribution < -0.4 is 10.6 Å². The minimum Gasteiger partial charge on any atom is -0.383 e. The van der Waals surface area contributed by atoms with Crippen LogP contribution in [0.4, 0.5) is 11.4 Å². The van der Waals surface area contributed by atoms with Gasteiger partial charge in [0.15, 0.2) is 0 Å². The van der Waals surface area contributed by atoms with Crippen molar-refractivity contribution in [2.75, 3.05) is 28.7 Å². The van der Waals surface area contributed by atoms with E-state index in [9.17, 15) is 0 Å². The van der Waals surface area contributed by atoms with Gasteiger partial charge in [0.2, 0.25) is 0 Å². The molecule has 1 atom stereocenters.